The molecule has 7 nitrogen and oxygen atoms in total. The number of rotatable bonds is 6. The Kier molecular flexibility index (Phi) is 5.92. The molecule has 2 rings (SSSR count). The van der Waals surface area contributed by atoms with Crippen LogP contribution in [0, 0.1) is 11.3 Å². The molecule has 0 bridgehead atoms. The topological polar surface area (TPSA) is 108 Å². The molecular formula is C15H12BrN3O4S. The van der Waals surface area contributed by atoms with E-state index < -0.39 is 22.5 Å². The molecule has 0 aliphatic rings. The van der Waals surface area contributed by atoms with Crippen LogP contribution in [-0.4, -0.2) is 20.9 Å². The van der Waals surface area contributed by atoms with Gasteiger partial charge in [-0.25, -0.2) is 8.42 Å². The fourth-order valence-electron chi connectivity index (χ4n) is 1.71. The minimum Gasteiger partial charge on any atom is -0.482 e. The third kappa shape index (κ3) is 4.55. The van der Waals surface area contributed by atoms with Crippen LogP contribution in [0.15, 0.2) is 57.9 Å². The summed E-state index contributed by atoms with van der Waals surface area (Å²) >= 11 is 3.13. The number of halogens is 1. The first-order valence-electron chi connectivity index (χ1n) is 6.61. The van der Waals surface area contributed by atoms with Crippen molar-refractivity contribution in [1.29, 1.82) is 5.26 Å². The number of sulfonamides is 1. The van der Waals surface area contributed by atoms with Crippen LogP contribution in [0.1, 0.15) is 5.56 Å². The first-order valence-corrected chi connectivity index (χ1v) is 8.89. The van der Waals surface area contributed by atoms with E-state index in [1.54, 1.807) is 36.4 Å². The molecule has 2 N–H and O–H groups in total. The molecule has 0 atom stereocenters. The molecule has 0 fully saturated rings. The number of nitrogens with zero attached hydrogens (tertiary/aromatic N) is 1. The summed E-state index contributed by atoms with van der Waals surface area (Å²) in [6.45, 7) is -0.447. The molecule has 0 aliphatic carbocycles. The van der Waals surface area contributed by atoms with E-state index >= 15 is 0 Å². The van der Waals surface area contributed by atoms with Gasteiger partial charge in [0.25, 0.3) is 15.9 Å². The lowest BCUT2D eigenvalue weighted by Crippen LogP contribution is -2.43. The van der Waals surface area contributed by atoms with E-state index in [1.165, 1.54) is 12.1 Å². The fraction of sp³-hybridized carbons (Fsp3) is 0.0667. The van der Waals surface area contributed by atoms with Crippen molar-refractivity contribution >= 4 is 31.9 Å². The molecule has 0 saturated heterocycles. The molecule has 0 aromatic heterocycles. The largest absolute Gasteiger partial charge is 0.482 e. The molecule has 124 valence electrons. The van der Waals surface area contributed by atoms with Crippen LogP contribution in [0.25, 0.3) is 0 Å². The standard InChI is InChI=1S/C15H12BrN3O4S/c16-12-6-2-4-8-14(12)24(21,22)19-18-15(20)10-23-13-7-3-1-5-11(13)9-17/h1-8,19H,10H2,(H,18,20). The van der Waals surface area contributed by atoms with E-state index in [0.717, 1.165) is 0 Å². The van der Waals surface area contributed by atoms with E-state index in [9.17, 15) is 13.2 Å². The van der Waals surface area contributed by atoms with Gasteiger partial charge in [0, 0.05) is 4.47 Å². The highest BCUT2D eigenvalue weighted by molar-refractivity contribution is 9.10. The number of carbonyl (C=O) groups is 1. The highest BCUT2D eigenvalue weighted by Gasteiger charge is 2.18. The molecule has 0 aliphatic heterocycles. The van der Waals surface area contributed by atoms with Crippen molar-refractivity contribution in [3.8, 4) is 11.8 Å². The number of hydrogen-bond donors (Lipinski definition) is 2. The summed E-state index contributed by atoms with van der Waals surface area (Å²) < 4.78 is 29.8. The number of benzene rings is 2. The van der Waals surface area contributed by atoms with Gasteiger partial charge in [0.2, 0.25) is 0 Å². The van der Waals surface area contributed by atoms with Crippen LogP contribution in [-0.2, 0) is 14.8 Å². The maximum atomic E-state index is 12.1. The van der Waals surface area contributed by atoms with E-state index in [4.69, 9.17) is 10.00 Å². The van der Waals surface area contributed by atoms with Gasteiger partial charge in [-0.1, -0.05) is 24.3 Å². The molecular weight excluding hydrogens is 398 g/mol. The maximum Gasteiger partial charge on any atom is 0.272 e. The average Bonchev–Trinajstić information content (AvgIpc) is 2.58. The van der Waals surface area contributed by atoms with Crippen LogP contribution < -0.4 is 15.0 Å². The van der Waals surface area contributed by atoms with Crippen molar-refractivity contribution in [2.24, 2.45) is 0 Å². The summed E-state index contributed by atoms with van der Waals surface area (Å²) in [7, 11) is -3.92. The molecule has 0 saturated carbocycles. The first-order chi connectivity index (χ1) is 11.4. The molecule has 9 heteroatoms. The lowest BCUT2D eigenvalue weighted by molar-refractivity contribution is -0.123. The van der Waals surface area contributed by atoms with Gasteiger partial charge < -0.3 is 4.74 Å². The molecule has 1 amide bonds. The van der Waals surface area contributed by atoms with E-state index in [-0.39, 0.29) is 16.2 Å². The average molecular weight is 410 g/mol. The van der Waals surface area contributed by atoms with E-state index in [0.29, 0.717) is 4.47 Å². The van der Waals surface area contributed by atoms with Crippen molar-refractivity contribution in [1.82, 2.24) is 10.3 Å². The summed E-state index contributed by atoms with van der Waals surface area (Å²) in [5.74, 6) is -0.470. The zero-order chi connectivity index (χ0) is 17.6. The highest BCUT2D eigenvalue weighted by atomic mass is 79.9. The van der Waals surface area contributed by atoms with Gasteiger partial charge in [-0.3, -0.25) is 10.2 Å². The van der Waals surface area contributed by atoms with Gasteiger partial charge in [-0.2, -0.15) is 5.26 Å². The van der Waals surface area contributed by atoms with Crippen molar-refractivity contribution in [3.05, 3.63) is 58.6 Å². The molecule has 24 heavy (non-hydrogen) atoms. The molecule has 2 aromatic rings. The number of hydrogen-bond acceptors (Lipinski definition) is 5. The van der Waals surface area contributed by atoms with Gasteiger partial charge in [-0.15, -0.1) is 4.83 Å². The number of hydrazine groups is 1. The van der Waals surface area contributed by atoms with Gasteiger partial charge in [0.1, 0.15) is 11.8 Å². The van der Waals surface area contributed by atoms with Crippen molar-refractivity contribution in [2.75, 3.05) is 6.61 Å². The minimum absolute atomic E-state index is 0.0129. The van der Waals surface area contributed by atoms with Crippen molar-refractivity contribution in [3.63, 3.8) is 0 Å². The lowest BCUT2D eigenvalue weighted by atomic mass is 10.2. The predicted molar refractivity (Wildman–Crippen MR) is 89.3 cm³/mol. The lowest BCUT2D eigenvalue weighted by Gasteiger charge is -2.11. The Morgan fingerprint density at radius 2 is 1.83 bits per heavy atom. The Morgan fingerprint density at radius 3 is 2.54 bits per heavy atom. The second-order valence-electron chi connectivity index (χ2n) is 4.48. The normalized spacial score (nSPS) is 10.7. The van der Waals surface area contributed by atoms with Crippen molar-refractivity contribution < 1.29 is 17.9 Å². The third-order valence-corrected chi connectivity index (χ3v) is 5.08. The summed E-state index contributed by atoms with van der Waals surface area (Å²) in [4.78, 5) is 13.7. The monoisotopic (exact) mass is 409 g/mol. The van der Waals surface area contributed by atoms with E-state index in [2.05, 4.69) is 21.4 Å². The number of amides is 1. The zero-order valence-corrected chi connectivity index (χ0v) is 14.6. The number of nitrogens with one attached hydrogen (secondary N) is 2. The smallest absolute Gasteiger partial charge is 0.272 e. The Balaban J connectivity index is 1.94. The van der Waals surface area contributed by atoms with Crippen LogP contribution in [0.5, 0.6) is 5.75 Å². The highest BCUT2D eigenvalue weighted by Crippen LogP contribution is 2.20. The number of carbonyl (C=O) groups excluding carboxylic acids is 1. The van der Waals surface area contributed by atoms with Crippen LogP contribution in [0.2, 0.25) is 0 Å². The molecule has 0 spiro atoms. The molecule has 0 heterocycles. The quantitative estimate of drug-likeness (QED) is 0.705. The fourth-order valence-corrected chi connectivity index (χ4v) is 3.57. The van der Waals surface area contributed by atoms with E-state index in [1.807, 2.05) is 10.9 Å². The first kappa shape index (κ1) is 17.9. The van der Waals surface area contributed by atoms with Crippen LogP contribution >= 0.6 is 15.9 Å². The van der Waals surface area contributed by atoms with Crippen LogP contribution in [0.3, 0.4) is 0 Å². The number of ether oxygens (including phenoxy) is 1. The van der Waals surface area contributed by atoms with Crippen molar-refractivity contribution in [2.45, 2.75) is 4.90 Å². The Hall–Kier alpha value is -2.41. The van der Waals surface area contributed by atoms with Gasteiger partial charge in [0.15, 0.2) is 6.61 Å². The predicted octanol–water partition coefficient (Wildman–Crippen LogP) is 1.71. The number of nitriles is 1. The summed E-state index contributed by atoms with van der Waals surface area (Å²) in [6.07, 6.45) is 0. The van der Waals surface area contributed by atoms with Crippen LogP contribution in [0.4, 0.5) is 0 Å². The number of para-hydroxylation sites is 1. The summed E-state index contributed by atoms with van der Waals surface area (Å²) in [5.41, 5.74) is 2.33. The van der Waals surface area contributed by atoms with Gasteiger partial charge in [0.05, 0.1) is 10.5 Å². The SMILES string of the molecule is N#Cc1ccccc1OCC(=O)NNS(=O)(=O)c1ccccc1Br. The van der Waals surface area contributed by atoms with Gasteiger partial charge in [-0.05, 0) is 40.2 Å². The molecule has 0 unspecified atom stereocenters. The Morgan fingerprint density at radius 1 is 1.17 bits per heavy atom. The summed E-state index contributed by atoms with van der Waals surface area (Å²) in [6, 6.07) is 14.5. The Bertz CT molecular complexity index is 894. The molecule has 0 radical (unpaired) electrons. The second-order valence-corrected chi connectivity index (χ2v) is 6.99. The maximum absolute atomic E-state index is 12.1. The third-order valence-electron chi connectivity index (χ3n) is 2.82. The Labute approximate surface area is 147 Å². The second kappa shape index (κ2) is 7.92. The minimum atomic E-state index is -3.92. The van der Waals surface area contributed by atoms with Gasteiger partial charge >= 0.3 is 0 Å². The zero-order valence-electron chi connectivity index (χ0n) is 12.2. The summed E-state index contributed by atoms with van der Waals surface area (Å²) in [5, 5.41) is 8.92. The molecule has 2 aromatic carbocycles.